The van der Waals surface area contributed by atoms with Crippen LogP contribution in [0.25, 0.3) is 0 Å². The maximum absolute atomic E-state index is 5.41. The zero-order chi connectivity index (χ0) is 5.98. The molecule has 1 aliphatic rings. The van der Waals surface area contributed by atoms with Gasteiger partial charge in [-0.3, -0.25) is 5.43 Å². The Kier molecular flexibility index (Phi) is 1.20. The van der Waals surface area contributed by atoms with Crippen molar-refractivity contribution in [1.82, 2.24) is 5.43 Å². The van der Waals surface area contributed by atoms with Crippen molar-refractivity contribution in [3.05, 3.63) is 12.3 Å². The molecule has 0 amide bonds. The molecule has 3 N–H and O–H groups in total. The summed E-state index contributed by atoms with van der Waals surface area (Å²) in [7, 11) is 0. The number of nitrogens with one attached hydrogen (secondary N) is 1. The average Bonchev–Trinajstić information content (AvgIpc) is 1.77. The highest BCUT2D eigenvalue weighted by molar-refractivity contribution is 5.84. The summed E-state index contributed by atoms with van der Waals surface area (Å²) in [5.74, 6) is 0.934. The third kappa shape index (κ3) is 0.804. The van der Waals surface area contributed by atoms with Gasteiger partial charge in [-0.15, -0.1) is 0 Å². The first-order chi connectivity index (χ1) is 3.80. The summed E-state index contributed by atoms with van der Waals surface area (Å²) < 4.78 is 0. The molecule has 0 aromatic heterocycles. The minimum absolute atomic E-state index is 0.288. The number of nitrogens with two attached hydrogens (primary N) is 1. The first kappa shape index (κ1) is 5.15. The highest BCUT2D eigenvalue weighted by Crippen LogP contribution is 1.98. The second-order valence-electron chi connectivity index (χ2n) is 1.81. The van der Waals surface area contributed by atoms with Gasteiger partial charge in [-0.05, 0) is 0 Å². The number of nitrogens with zero attached hydrogens (tertiary/aromatic N) is 1. The van der Waals surface area contributed by atoms with Gasteiger partial charge >= 0.3 is 0 Å². The lowest BCUT2D eigenvalue weighted by Crippen LogP contribution is -2.25. The maximum Gasteiger partial charge on any atom is 0.126 e. The Hall–Kier alpha value is -0.990. The molecule has 0 aliphatic carbocycles. The minimum Gasteiger partial charge on any atom is -0.385 e. The van der Waals surface area contributed by atoms with E-state index in [1.807, 2.05) is 13.0 Å². The molecule has 0 spiro atoms. The maximum atomic E-state index is 5.41. The molecule has 0 bridgehead atoms. The van der Waals surface area contributed by atoms with Crippen LogP contribution in [0.4, 0.5) is 0 Å². The minimum atomic E-state index is 0.288. The van der Waals surface area contributed by atoms with Crippen molar-refractivity contribution in [3.8, 4) is 0 Å². The summed E-state index contributed by atoms with van der Waals surface area (Å²) in [6.07, 6.45) is 3.74. The van der Waals surface area contributed by atoms with E-state index in [1.165, 1.54) is 0 Å². The number of hydrazone groups is 1. The van der Waals surface area contributed by atoms with Gasteiger partial charge in [-0.25, -0.2) is 0 Å². The molecule has 3 nitrogen and oxygen atoms in total. The van der Waals surface area contributed by atoms with Gasteiger partial charge in [-0.2, -0.15) is 5.10 Å². The second-order valence-corrected chi connectivity index (χ2v) is 1.81. The van der Waals surface area contributed by atoms with Crippen LogP contribution in [0.2, 0.25) is 0 Å². The Bertz CT molecular complexity index is 137. The Morgan fingerprint density at radius 2 is 2.62 bits per heavy atom. The van der Waals surface area contributed by atoms with Crippen LogP contribution < -0.4 is 11.2 Å². The summed E-state index contributed by atoms with van der Waals surface area (Å²) in [6.45, 7) is 2.00. The van der Waals surface area contributed by atoms with Gasteiger partial charge in [0.1, 0.15) is 5.84 Å². The quantitative estimate of drug-likeness (QED) is 0.462. The van der Waals surface area contributed by atoms with Crippen LogP contribution in [0.5, 0.6) is 0 Å². The second kappa shape index (κ2) is 1.86. The van der Waals surface area contributed by atoms with E-state index in [1.54, 1.807) is 6.20 Å². The molecule has 1 atom stereocenters. The van der Waals surface area contributed by atoms with Crippen molar-refractivity contribution < 1.29 is 0 Å². The van der Waals surface area contributed by atoms with E-state index in [0.717, 1.165) is 0 Å². The van der Waals surface area contributed by atoms with Crippen molar-refractivity contribution in [3.63, 3.8) is 0 Å². The summed E-state index contributed by atoms with van der Waals surface area (Å²) in [5.41, 5.74) is 8.06. The molecule has 0 fully saturated rings. The third-order valence-electron chi connectivity index (χ3n) is 1.12. The molecule has 3 heteroatoms. The first-order valence-corrected chi connectivity index (χ1v) is 2.56. The predicted octanol–water partition coefficient (Wildman–Crippen LogP) is 0.0116. The molecular formula is C5H9N3. The van der Waals surface area contributed by atoms with E-state index in [9.17, 15) is 0 Å². The highest BCUT2D eigenvalue weighted by Gasteiger charge is 2.03. The van der Waals surface area contributed by atoms with Crippen LogP contribution >= 0.6 is 0 Å². The van der Waals surface area contributed by atoms with Crippen LogP contribution in [0.15, 0.2) is 17.4 Å². The summed E-state index contributed by atoms with van der Waals surface area (Å²) >= 11 is 0. The largest absolute Gasteiger partial charge is 0.385 e. The molecular weight excluding hydrogens is 102 g/mol. The van der Waals surface area contributed by atoms with Crippen molar-refractivity contribution in [2.45, 2.75) is 6.92 Å². The van der Waals surface area contributed by atoms with Gasteiger partial charge in [-0.1, -0.05) is 13.0 Å². The van der Waals surface area contributed by atoms with Crippen LogP contribution in [0, 0.1) is 5.92 Å². The van der Waals surface area contributed by atoms with Crippen molar-refractivity contribution in [2.24, 2.45) is 16.8 Å². The molecule has 0 radical (unpaired) electrons. The van der Waals surface area contributed by atoms with Crippen LogP contribution in [-0.2, 0) is 0 Å². The van der Waals surface area contributed by atoms with Crippen LogP contribution in [0.3, 0.4) is 0 Å². The van der Waals surface area contributed by atoms with E-state index in [-0.39, 0.29) is 5.92 Å². The van der Waals surface area contributed by atoms with Gasteiger partial charge in [0.05, 0.1) is 0 Å². The molecule has 44 valence electrons. The molecule has 0 aromatic rings. The predicted molar refractivity (Wildman–Crippen MR) is 33.1 cm³/mol. The zero-order valence-corrected chi connectivity index (χ0v) is 4.76. The van der Waals surface area contributed by atoms with Gasteiger partial charge in [0.2, 0.25) is 0 Å². The molecule has 8 heavy (non-hydrogen) atoms. The fourth-order valence-corrected chi connectivity index (χ4v) is 0.500. The lowest BCUT2D eigenvalue weighted by molar-refractivity contribution is 0.844. The van der Waals surface area contributed by atoms with Gasteiger partial charge in [0, 0.05) is 12.1 Å². The standard InChI is InChI=1S/C5H9N3/c1-4-2-3-7-8-5(4)6/h2-4,7H,1H3,(H2,6,8). The van der Waals surface area contributed by atoms with Crippen LogP contribution in [-0.4, -0.2) is 5.84 Å². The normalized spacial score (nSPS) is 26.6. The zero-order valence-electron chi connectivity index (χ0n) is 4.76. The van der Waals surface area contributed by atoms with E-state index >= 15 is 0 Å². The molecule has 0 saturated carbocycles. The molecule has 1 aliphatic heterocycles. The van der Waals surface area contributed by atoms with Crippen molar-refractivity contribution in [1.29, 1.82) is 0 Å². The molecule has 1 rings (SSSR count). The molecule has 0 saturated heterocycles. The Labute approximate surface area is 48.3 Å². The lowest BCUT2D eigenvalue weighted by atomic mass is 10.1. The van der Waals surface area contributed by atoms with Gasteiger partial charge in [0.25, 0.3) is 0 Å². The van der Waals surface area contributed by atoms with E-state index in [4.69, 9.17) is 5.73 Å². The lowest BCUT2D eigenvalue weighted by Gasteiger charge is -2.08. The SMILES string of the molecule is CC1C=CNN=C1N. The van der Waals surface area contributed by atoms with Crippen molar-refractivity contribution in [2.75, 3.05) is 0 Å². The number of hydrogen-bond donors (Lipinski definition) is 2. The fraction of sp³-hybridized carbons (Fsp3) is 0.400. The van der Waals surface area contributed by atoms with Crippen LogP contribution in [0.1, 0.15) is 6.92 Å². The Balaban J connectivity index is 2.63. The average molecular weight is 111 g/mol. The van der Waals surface area contributed by atoms with E-state index in [2.05, 4.69) is 10.5 Å². The Morgan fingerprint density at radius 1 is 1.88 bits per heavy atom. The van der Waals surface area contributed by atoms with E-state index in [0.29, 0.717) is 5.84 Å². The highest BCUT2D eigenvalue weighted by atomic mass is 15.3. The summed E-state index contributed by atoms with van der Waals surface area (Å²) in [4.78, 5) is 0. The van der Waals surface area contributed by atoms with Gasteiger partial charge in [0.15, 0.2) is 0 Å². The smallest absolute Gasteiger partial charge is 0.126 e. The monoisotopic (exact) mass is 111 g/mol. The van der Waals surface area contributed by atoms with Crippen molar-refractivity contribution >= 4 is 5.84 Å². The topological polar surface area (TPSA) is 50.4 Å². The van der Waals surface area contributed by atoms with Gasteiger partial charge < -0.3 is 5.73 Å². The van der Waals surface area contributed by atoms with E-state index < -0.39 is 0 Å². The first-order valence-electron chi connectivity index (χ1n) is 2.56. The summed E-state index contributed by atoms with van der Waals surface area (Å²) in [5, 5.41) is 3.77. The fourth-order valence-electron chi connectivity index (χ4n) is 0.500. The summed E-state index contributed by atoms with van der Waals surface area (Å²) in [6, 6.07) is 0. The number of hydrogen-bond acceptors (Lipinski definition) is 3. The number of amidine groups is 1. The molecule has 1 unspecified atom stereocenters. The Morgan fingerprint density at radius 3 is 3.00 bits per heavy atom. The molecule has 1 heterocycles. The number of rotatable bonds is 0. The molecule has 0 aromatic carbocycles. The third-order valence-corrected chi connectivity index (χ3v) is 1.12.